The first-order valence-electron chi connectivity index (χ1n) is 7.12. The molecule has 0 aliphatic carbocycles. The number of fused-ring (bicyclic) bond motifs is 1. The largest absolute Gasteiger partial charge is 0.488 e. The van der Waals surface area contributed by atoms with Crippen LogP contribution in [0.3, 0.4) is 0 Å². The van der Waals surface area contributed by atoms with Gasteiger partial charge in [0.15, 0.2) is 11.6 Å². The first-order chi connectivity index (χ1) is 10.6. The van der Waals surface area contributed by atoms with E-state index in [9.17, 15) is 9.50 Å². The van der Waals surface area contributed by atoms with Gasteiger partial charge in [0.05, 0.1) is 17.6 Å². The Bertz CT molecular complexity index is 785. The molecule has 0 radical (unpaired) electrons. The van der Waals surface area contributed by atoms with E-state index in [0.717, 1.165) is 16.9 Å². The maximum Gasteiger partial charge on any atom is 0.165 e. The number of hydrogen-bond acceptors (Lipinski definition) is 3. The van der Waals surface area contributed by atoms with Crippen LogP contribution in [0.25, 0.3) is 11.0 Å². The number of halogens is 1. The van der Waals surface area contributed by atoms with E-state index in [1.54, 1.807) is 18.2 Å². The fraction of sp³-hybridized carbons (Fsp3) is 0.235. The monoisotopic (exact) mass is 300 g/mol. The number of para-hydroxylation sites is 3. The molecule has 1 N–H and O–H groups in total. The van der Waals surface area contributed by atoms with Crippen LogP contribution >= 0.6 is 0 Å². The minimum absolute atomic E-state index is 0.0207. The lowest BCUT2D eigenvalue weighted by Crippen LogP contribution is -2.24. The predicted octanol–water partition coefficient (Wildman–Crippen LogP) is 2.92. The highest BCUT2D eigenvalue weighted by molar-refractivity contribution is 5.75. The quantitative estimate of drug-likeness (QED) is 0.788. The summed E-state index contributed by atoms with van der Waals surface area (Å²) in [6.07, 6.45) is -0.754. The summed E-state index contributed by atoms with van der Waals surface area (Å²) < 4.78 is 20.7. The third-order valence-electron chi connectivity index (χ3n) is 3.51. The molecule has 1 heterocycles. The number of hydrogen-bond donors (Lipinski definition) is 1. The molecule has 0 saturated heterocycles. The number of nitrogens with zero attached hydrogens (tertiary/aromatic N) is 2. The van der Waals surface area contributed by atoms with E-state index in [-0.39, 0.29) is 12.4 Å². The number of aliphatic hydroxyl groups excluding tert-OH is 1. The highest BCUT2D eigenvalue weighted by Gasteiger charge is 2.13. The molecule has 0 aliphatic rings. The molecule has 3 rings (SSSR count). The summed E-state index contributed by atoms with van der Waals surface area (Å²) in [5, 5.41) is 10.2. The highest BCUT2D eigenvalue weighted by Crippen LogP contribution is 2.18. The topological polar surface area (TPSA) is 47.3 Å². The maximum absolute atomic E-state index is 13.5. The maximum atomic E-state index is 13.5. The lowest BCUT2D eigenvalue weighted by atomic mass is 10.3. The summed E-state index contributed by atoms with van der Waals surface area (Å²) in [6.45, 7) is 2.26. The van der Waals surface area contributed by atoms with E-state index in [1.165, 1.54) is 6.07 Å². The zero-order valence-electron chi connectivity index (χ0n) is 12.2. The van der Waals surface area contributed by atoms with E-state index < -0.39 is 11.9 Å². The van der Waals surface area contributed by atoms with Crippen molar-refractivity contribution in [3.63, 3.8) is 0 Å². The zero-order chi connectivity index (χ0) is 15.5. The first kappa shape index (κ1) is 14.5. The van der Waals surface area contributed by atoms with E-state index >= 15 is 0 Å². The molecular weight excluding hydrogens is 283 g/mol. The second kappa shape index (κ2) is 6.15. The fourth-order valence-corrected chi connectivity index (χ4v) is 2.44. The third-order valence-corrected chi connectivity index (χ3v) is 3.51. The van der Waals surface area contributed by atoms with E-state index in [4.69, 9.17) is 4.74 Å². The summed E-state index contributed by atoms with van der Waals surface area (Å²) >= 11 is 0. The molecule has 4 nitrogen and oxygen atoms in total. The Morgan fingerprint density at radius 3 is 2.73 bits per heavy atom. The van der Waals surface area contributed by atoms with Crippen LogP contribution in [0, 0.1) is 12.7 Å². The number of aromatic nitrogens is 2. The number of benzene rings is 2. The minimum Gasteiger partial charge on any atom is -0.488 e. The Morgan fingerprint density at radius 2 is 1.91 bits per heavy atom. The predicted molar refractivity (Wildman–Crippen MR) is 82.4 cm³/mol. The lowest BCUT2D eigenvalue weighted by Gasteiger charge is -2.15. The molecule has 0 fully saturated rings. The van der Waals surface area contributed by atoms with Gasteiger partial charge in [0, 0.05) is 0 Å². The molecule has 0 spiro atoms. The summed E-state index contributed by atoms with van der Waals surface area (Å²) in [7, 11) is 0. The molecule has 114 valence electrons. The summed E-state index contributed by atoms with van der Waals surface area (Å²) in [4.78, 5) is 4.45. The van der Waals surface area contributed by atoms with Crippen molar-refractivity contribution in [2.24, 2.45) is 0 Å². The van der Waals surface area contributed by atoms with Crippen molar-refractivity contribution in [3.8, 4) is 5.75 Å². The molecular formula is C17H17FN2O2. The van der Waals surface area contributed by atoms with Crippen molar-refractivity contribution in [1.82, 2.24) is 9.55 Å². The highest BCUT2D eigenvalue weighted by atomic mass is 19.1. The minimum atomic E-state index is -0.754. The van der Waals surface area contributed by atoms with Crippen molar-refractivity contribution >= 4 is 11.0 Å². The van der Waals surface area contributed by atoms with Crippen LogP contribution in [0.1, 0.15) is 5.82 Å². The molecule has 2 aromatic carbocycles. The van der Waals surface area contributed by atoms with Crippen LogP contribution in [0.5, 0.6) is 5.75 Å². The molecule has 22 heavy (non-hydrogen) atoms. The number of imidazole rings is 1. The Labute approximate surface area is 127 Å². The summed E-state index contributed by atoms with van der Waals surface area (Å²) in [6, 6.07) is 13.9. The normalized spacial score (nSPS) is 12.5. The van der Waals surface area contributed by atoms with Crippen molar-refractivity contribution in [2.75, 3.05) is 6.61 Å². The lowest BCUT2D eigenvalue weighted by molar-refractivity contribution is 0.0909. The molecule has 0 aliphatic heterocycles. The van der Waals surface area contributed by atoms with E-state index in [0.29, 0.717) is 6.54 Å². The Hall–Kier alpha value is -2.40. The van der Waals surface area contributed by atoms with E-state index in [1.807, 2.05) is 35.8 Å². The molecule has 5 heteroatoms. The van der Waals surface area contributed by atoms with Gasteiger partial charge < -0.3 is 14.4 Å². The van der Waals surface area contributed by atoms with E-state index in [2.05, 4.69) is 4.98 Å². The van der Waals surface area contributed by atoms with Crippen LogP contribution in [-0.4, -0.2) is 27.4 Å². The van der Waals surface area contributed by atoms with Gasteiger partial charge >= 0.3 is 0 Å². The second-order valence-electron chi connectivity index (χ2n) is 5.15. The van der Waals surface area contributed by atoms with Gasteiger partial charge in [-0.05, 0) is 31.2 Å². The molecule has 3 aromatic rings. The van der Waals surface area contributed by atoms with Crippen LogP contribution in [0.4, 0.5) is 4.39 Å². The van der Waals surface area contributed by atoms with Crippen LogP contribution in [0.2, 0.25) is 0 Å². The van der Waals surface area contributed by atoms with Crippen LogP contribution < -0.4 is 4.74 Å². The molecule has 1 aromatic heterocycles. The Morgan fingerprint density at radius 1 is 1.18 bits per heavy atom. The van der Waals surface area contributed by atoms with Gasteiger partial charge in [-0.3, -0.25) is 0 Å². The third kappa shape index (κ3) is 2.94. The fourth-order valence-electron chi connectivity index (χ4n) is 2.44. The second-order valence-corrected chi connectivity index (χ2v) is 5.15. The molecule has 0 amide bonds. The van der Waals surface area contributed by atoms with Crippen molar-refractivity contribution < 1.29 is 14.2 Å². The Kier molecular flexibility index (Phi) is 4.06. The van der Waals surface area contributed by atoms with Gasteiger partial charge in [-0.2, -0.15) is 0 Å². The summed E-state index contributed by atoms with van der Waals surface area (Å²) in [5.74, 6) is 0.541. The van der Waals surface area contributed by atoms with Crippen molar-refractivity contribution in [1.29, 1.82) is 0 Å². The Balaban J connectivity index is 1.70. The number of aliphatic hydroxyl groups is 1. The number of rotatable bonds is 5. The number of ether oxygens (including phenoxy) is 1. The van der Waals surface area contributed by atoms with Gasteiger partial charge in [-0.1, -0.05) is 24.3 Å². The van der Waals surface area contributed by atoms with Crippen molar-refractivity contribution in [3.05, 3.63) is 60.2 Å². The van der Waals surface area contributed by atoms with Crippen molar-refractivity contribution in [2.45, 2.75) is 19.6 Å². The molecule has 0 bridgehead atoms. The smallest absolute Gasteiger partial charge is 0.165 e. The molecule has 0 unspecified atom stereocenters. The van der Waals surface area contributed by atoms with Crippen LogP contribution in [-0.2, 0) is 6.54 Å². The van der Waals surface area contributed by atoms with Gasteiger partial charge in [0.2, 0.25) is 0 Å². The number of aryl methyl sites for hydroxylation is 1. The molecule has 1 atom stereocenters. The van der Waals surface area contributed by atoms with Gasteiger partial charge in [-0.25, -0.2) is 9.37 Å². The van der Waals surface area contributed by atoms with Gasteiger partial charge in [0.25, 0.3) is 0 Å². The average molecular weight is 300 g/mol. The first-order valence-corrected chi connectivity index (χ1v) is 7.12. The SMILES string of the molecule is Cc1nc2ccccc2n1C[C@@H](O)COc1ccccc1F. The van der Waals surface area contributed by atoms with Crippen LogP contribution in [0.15, 0.2) is 48.5 Å². The standard InChI is InChI=1S/C17H17FN2O2/c1-12-19-15-7-3-4-8-16(15)20(12)10-13(21)11-22-17-9-5-2-6-14(17)18/h2-9,13,21H,10-11H2,1H3/t13-/m1/s1. The average Bonchev–Trinajstić information content (AvgIpc) is 2.83. The zero-order valence-corrected chi connectivity index (χ0v) is 12.2. The summed E-state index contributed by atoms with van der Waals surface area (Å²) in [5.41, 5.74) is 1.85. The molecule has 0 saturated carbocycles. The van der Waals surface area contributed by atoms with Gasteiger partial charge in [-0.15, -0.1) is 0 Å². The van der Waals surface area contributed by atoms with Gasteiger partial charge in [0.1, 0.15) is 18.5 Å².